The van der Waals surface area contributed by atoms with Gasteiger partial charge in [0.2, 0.25) is 11.8 Å². The van der Waals surface area contributed by atoms with Gasteiger partial charge in [0.25, 0.3) is 0 Å². The molecule has 0 radical (unpaired) electrons. The number of nitrogens with two attached hydrogens (primary N) is 1. The van der Waals surface area contributed by atoms with Crippen molar-refractivity contribution in [2.45, 2.75) is 52.0 Å². The van der Waals surface area contributed by atoms with Crippen LogP contribution in [-0.4, -0.2) is 53.8 Å². The Labute approximate surface area is 116 Å². The first kappa shape index (κ1) is 16.0. The van der Waals surface area contributed by atoms with E-state index in [2.05, 4.69) is 6.92 Å². The van der Waals surface area contributed by atoms with E-state index in [-0.39, 0.29) is 17.9 Å². The van der Waals surface area contributed by atoms with Crippen molar-refractivity contribution >= 4 is 11.8 Å². The number of carbonyl (C=O) groups is 2. The number of hydrogen-bond acceptors (Lipinski definition) is 3. The first-order valence-electron chi connectivity index (χ1n) is 7.39. The predicted octanol–water partition coefficient (Wildman–Crippen LogP) is 0.975. The number of nitrogens with zero attached hydrogens (tertiary/aromatic N) is 2. The Morgan fingerprint density at radius 2 is 1.63 bits per heavy atom. The van der Waals surface area contributed by atoms with Gasteiger partial charge in [0.1, 0.15) is 0 Å². The van der Waals surface area contributed by atoms with Crippen LogP contribution in [0.25, 0.3) is 0 Å². The third-order valence-electron chi connectivity index (χ3n) is 3.60. The monoisotopic (exact) mass is 269 g/mol. The van der Waals surface area contributed by atoms with Gasteiger partial charge in [0.05, 0.1) is 0 Å². The van der Waals surface area contributed by atoms with Crippen LogP contribution in [-0.2, 0) is 9.59 Å². The molecule has 1 aliphatic heterocycles. The lowest BCUT2D eigenvalue weighted by molar-refractivity contribution is -0.133. The van der Waals surface area contributed by atoms with E-state index in [4.69, 9.17) is 5.73 Å². The minimum absolute atomic E-state index is 0.0332. The molecule has 0 aromatic carbocycles. The van der Waals surface area contributed by atoms with Crippen LogP contribution >= 0.6 is 0 Å². The summed E-state index contributed by atoms with van der Waals surface area (Å²) < 4.78 is 0. The smallest absolute Gasteiger partial charge is 0.224 e. The maximum atomic E-state index is 12.1. The second-order valence-corrected chi connectivity index (χ2v) is 5.22. The molecule has 1 fully saturated rings. The molecule has 0 saturated carbocycles. The molecule has 5 heteroatoms. The highest BCUT2D eigenvalue weighted by molar-refractivity contribution is 5.78. The molecule has 1 saturated heterocycles. The Balaban J connectivity index is 2.43. The van der Waals surface area contributed by atoms with Gasteiger partial charge < -0.3 is 15.5 Å². The molecule has 0 aromatic heterocycles. The highest BCUT2D eigenvalue weighted by atomic mass is 16.2. The van der Waals surface area contributed by atoms with E-state index in [1.54, 1.807) is 0 Å². The van der Waals surface area contributed by atoms with Crippen molar-refractivity contribution in [3.63, 3.8) is 0 Å². The van der Waals surface area contributed by atoms with Gasteiger partial charge in [0.15, 0.2) is 0 Å². The Kier molecular flexibility index (Phi) is 6.84. The van der Waals surface area contributed by atoms with Crippen LogP contribution in [0.5, 0.6) is 0 Å². The molecule has 0 spiro atoms. The molecular weight excluding hydrogens is 242 g/mol. The van der Waals surface area contributed by atoms with Crippen molar-refractivity contribution in [3.05, 3.63) is 0 Å². The quantitative estimate of drug-likeness (QED) is 0.809. The van der Waals surface area contributed by atoms with Crippen LogP contribution in [0.4, 0.5) is 0 Å². The Hall–Kier alpha value is -1.10. The largest absolute Gasteiger partial charge is 0.341 e. The van der Waals surface area contributed by atoms with E-state index in [1.807, 2.05) is 16.7 Å². The molecule has 0 aromatic rings. The van der Waals surface area contributed by atoms with E-state index in [9.17, 15) is 9.59 Å². The SMILES string of the molecule is CCCC(N)CC(=O)N1CCCN(C(=O)CC)CC1. The van der Waals surface area contributed by atoms with Gasteiger partial charge >= 0.3 is 0 Å². The van der Waals surface area contributed by atoms with Gasteiger partial charge in [-0.05, 0) is 12.8 Å². The third-order valence-corrected chi connectivity index (χ3v) is 3.60. The first-order chi connectivity index (χ1) is 9.08. The summed E-state index contributed by atoms with van der Waals surface area (Å²) in [6.45, 7) is 6.75. The molecule has 1 rings (SSSR count). The summed E-state index contributed by atoms with van der Waals surface area (Å²) in [6.07, 6.45) is 3.72. The Bertz CT molecular complexity index is 307. The van der Waals surface area contributed by atoms with E-state index in [1.165, 1.54) is 0 Å². The number of hydrogen-bond donors (Lipinski definition) is 1. The van der Waals surface area contributed by atoms with Crippen LogP contribution in [0.3, 0.4) is 0 Å². The predicted molar refractivity (Wildman–Crippen MR) is 75.6 cm³/mol. The van der Waals surface area contributed by atoms with Crippen LogP contribution in [0.1, 0.15) is 46.0 Å². The normalized spacial score (nSPS) is 18.1. The van der Waals surface area contributed by atoms with E-state index in [0.717, 1.165) is 32.4 Å². The zero-order chi connectivity index (χ0) is 14.3. The molecule has 2 amide bonds. The lowest BCUT2D eigenvalue weighted by Gasteiger charge is -2.23. The van der Waals surface area contributed by atoms with Gasteiger partial charge in [-0.1, -0.05) is 20.3 Å². The van der Waals surface area contributed by atoms with E-state index < -0.39 is 0 Å². The lowest BCUT2D eigenvalue weighted by atomic mass is 10.1. The fourth-order valence-electron chi connectivity index (χ4n) is 2.47. The highest BCUT2D eigenvalue weighted by Gasteiger charge is 2.22. The minimum Gasteiger partial charge on any atom is -0.341 e. The van der Waals surface area contributed by atoms with Crippen molar-refractivity contribution in [1.29, 1.82) is 0 Å². The molecule has 0 aliphatic carbocycles. The lowest BCUT2D eigenvalue weighted by Crippen LogP contribution is -2.39. The molecule has 1 unspecified atom stereocenters. The topological polar surface area (TPSA) is 66.6 Å². The molecular formula is C14H27N3O2. The van der Waals surface area contributed by atoms with Crippen molar-refractivity contribution in [2.75, 3.05) is 26.2 Å². The molecule has 2 N–H and O–H groups in total. The van der Waals surface area contributed by atoms with Crippen molar-refractivity contribution < 1.29 is 9.59 Å². The second-order valence-electron chi connectivity index (χ2n) is 5.22. The fourth-order valence-corrected chi connectivity index (χ4v) is 2.47. The summed E-state index contributed by atoms with van der Waals surface area (Å²) in [6, 6.07) is -0.0332. The van der Waals surface area contributed by atoms with Gasteiger partial charge in [-0.25, -0.2) is 0 Å². The zero-order valence-corrected chi connectivity index (χ0v) is 12.2. The summed E-state index contributed by atoms with van der Waals surface area (Å²) in [7, 11) is 0. The summed E-state index contributed by atoms with van der Waals surface area (Å²) in [5.74, 6) is 0.309. The van der Waals surface area contributed by atoms with Crippen molar-refractivity contribution in [2.24, 2.45) is 5.73 Å². The Morgan fingerprint density at radius 3 is 2.16 bits per heavy atom. The Morgan fingerprint density at radius 1 is 1.05 bits per heavy atom. The van der Waals surface area contributed by atoms with Gasteiger partial charge in [-0.3, -0.25) is 9.59 Å². The van der Waals surface area contributed by atoms with E-state index in [0.29, 0.717) is 25.9 Å². The maximum Gasteiger partial charge on any atom is 0.224 e. The number of amides is 2. The standard InChI is InChI=1S/C14H27N3O2/c1-3-6-12(15)11-14(19)17-8-5-7-16(9-10-17)13(18)4-2/h12H,3-11,15H2,1-2H3. The number of rotatable bonds is 5. The summed E-state index contributed by atoms with van der Waals surface area (Å²) in [4.78, 5) is 27.5. The van der Waals surface area contributed by atoms with Gasteiger partial charge in [-0.15, -0.1) is 0 Å². The molecule has 5 nitrogen and oxygen atoms in total. The average molecular weight is 269 g/mol. The molecule has 1 atom stereocenters. The minimum atomic E-state index is -0.0332. The van der Waals surface area contributed by atoms with Crippen molar-refractivity contribution in [3.8, 4) is 0 Å². The summed E-state index contributed by atoms with van der Waals surface area (Å²) >= 11 is 0. The highest BCUT2D eigenvalue weighted by Crippen LogP contribution is 2.08. The molecule has 0 bridgehead atoms. The molecule has 1 aliphatic rings. The maximum absolute atomic E-state index is 12.1. The first-order valence-corrected chi connectivity index (χ1v) is 7.39. The van der Waals surface area contributed by atoms with Crippen LogP contribution in [0, 0.1) is 0 Å². The molecule has 110 valence electrons. The van der Waals surface area contributed by atoms with Crippen LogP contribution in [0.2, 0.25) is 0 Å². The van der Waals surface area contributed by atoms with Gasteiger partial charge in [0, 0.05) is 45.1 Å². The molecule has 19 heavy (non-hydrogen) atoms. The van der Waals surface area contributed by atoms with E-state index >= 15 is 0 Å². The molecule has 1 heterocycles. The van der Waals surface area contributed by atoms with Crippen LogP contribution in [0.15, 0.2) is 0 Å². The fraction of sp³-hybridized carbons (Fsp3) is 0.857. The summed E-state index contributed by atoms with van der Waals surface area (Å²) in [5, 5.41) is 0. The zero-order valence-electron chi connectivity index (χ0n) is 12.2. The number of carbonyl (C=O) groups excluding carboxylic acids is 2. The second kappa shape index (κ2) is 8.15. The average Bonchev–Trinajstić information content (AvgIpc) is 2.63. The summed E-state index contributed by atoms with van der Waals surface area (Å²) in [5.41, 5.74) is 5.92. The van der Waals surface area contributed by atoms with Gasteiger partial charge in [-0.2, -0.15) is 0 Å². The third kappa shape index (κ3) is 5.19. The van der Waals surface area contributed by atoms with Crippen molar-refractivity contribution in [1.82, 2.24) is 9.80 Å². The van der Waals surface area contributed by atoms with Crippen LogP contribution < -0.4 is 5.73 Å².